The highest BCUT2D eigenvalue weighted by Gasteiger charge is 2.35. The van der Waals surface area contributed by atoms with E-state index in [1.54, 1.807) is 6.20 Å². The lowest BCUT2D eigenvalue weighted by atomic mass is 9.90. The normalized spacial score (nSPS) is 14.3. The number of rotatable bonds is 41. The van der Waals surface area contributed by atoms with Crippen molar-refractivity contribution >= 4 is 81.6 Å². The number of H-pyrrole nitrogens is 1. The SMILES string of the molecule is CSCC[C@@H](NC(=O)[C@H](CCCCN)CC(=O)[C@@H](Cc1c[nH]c2ccccc12)NC(=O)[C@@H](CCCCN)NC(=O)[C@@H](CCCCN)NC(=O)[C@H](C)N)C(=O)N[C@H](CCCN=C(N)N)C(=O)N[C@H](CCCN=C(N)N)C(C)=O. The van der Waals surface area contributed by atoms with E-state index in [9.17, 15) is 38.4 Å². The van der Waals surface area contributed by atoms with E-state index in [1.807, 2.05) is 30.5 Å². The number of benzene rings is 1. The van der Waals surface area contributed by atoms with Gasteiger partial charge in [0.1, 0.15) is 24.2 Å². The number of hydrogen-bond donors (Lipinski definition) is 15. The van der Waals surface area contributed by atoms with Crippen molar-refractivity contribution in [3.05, 3.63) is 36.0 Å². The number of nitrogens with two attached hydrogens (primary N) is 8. The summed E-state index contributed by atoms with van der Waals surface area (Å²) in [5.74, 6) is -5.44. The monoisotopic (exact) mass is 1100 g/mol. The van der Waals surface area contributed by atoms with E-state index in [0.717, 1.165) is 10.9 Å². The topological polar surface area (TPSA) is 457 Å². The predicted octanol–water partition coefficient (Wildman–Crippen LogP) is -1.62. The molecule has 0 saturated heterocycles. The number of nitrogens with zero attached hydrogens (tertiary/aromatic N) is 2. The average Bonchev–Trinajstić information content (AvgIpc) is 3.79. The first-order chi connectivity index (χ1) is 36.8. The molecule has 1 aromatic heterocycles. The molecule has 25 nitrogen and oxygen atoms in total. The zero-order valence-corrected chi connectivity index (χ0v) is 46.1. The van der Waals surface area contributed by atoms with Gasteiger partial charge in [0.05, 0.1) is 18.1 Å². The minimum absolute atomic E-state index is 0.00744. The van der Waals surface area contributed by atoms with E-state index in [0.29, 0.717) is 75.9 Å². The van der Waals surface area contributed by atoms with Gasteiger partial charge in [-0.2, -0.15) is 11.8 Å². The van der Waals surface area contributed by atoms with E-state index in [2.05, 4.69) is 46.9 Å². The molecule has 77 heavy (non-hydrogen) atoms. The molecule has 0 spiro atoms. The summed E-state index contributed by atoms with van der Waals surface area (Å²) in [5.41, 5.74) is 46.6. The summed E-state index contributed by atoms with van der Waals surface area (Å²) in [6, 6.07) is -0.119. The summed E-state index contributed by atoms with van der Waals surface area (Å²) >= 11 is 1.43. The largest absolute Gasteiger partial charge is 0.370 e. The van der Waals surface area contributed by atoms with Crippen molar-refractivity contribution in [2.24, 2.45) is 61.8 Å². The van der Waals surface area contributed by atoms with Crippen LogP contribution in [0.1, 0.15) is 116 Å². The van der Waals surface area contributed by atoms with Crippen molar-refractivity contribution in [1.29, 1.82) is 0 Å². The first kappa shape index (κ1) is 66.8. The number of para-hydroxylation sites is 1. The third kappa shape index (κ3) is 26.0. The van der Waals surface area contributed by atoms with Gasteiger partial charge in [-0.25, -0.2) is 0 Å². The summed E-state index contributed by atoms with van der Waals surface area (Å²) in [5, 5.41) is 17.6. The number of aromatic amines is 1. The van der Waals surface area contributed by atoms with E-state index in [4.69, 9.17) is 45.9 Å². The van der Waals surface area contributed by atoms with Crippen LogP contribution in [0.3, 0.4) is 0 Å². The summed E-state index contributed by atoms with van der Waals surface area (Å²) < 4.78 is 0. The standard InChI is InChI=1S/C51H89N17O8S/c1-31(55)44(71)64-38(17-7-10-23-53)47(74)66-39(18-8-11-24-54)48(75)68-42(28-34-30-62-37-16-5-4-15-35(34)37)43(70)29-33(14-6-9-22-52)45(72)65-41(21-27-77-3)49(76)67-40(20-13-26-61-51(58)59)46(73)63-36(32(2)69)19-12-25-60-50(56)57/h4-5,15-16,30-31,33,36,38-42,62H,6-14,17-29,52-55H2,1-3H3,(H,63,73)(H,64,71)(H,65,72)(H,66,74)(H,67,76)(H,68,75)(H4,56,57,60)(H4,58,59,61)/t31-,33+,36+,38+,39+,40+,41+,42+/m0/s1. The maximum absolute atomic E-state index is 14.9. The zero-order chi connectivity index (χ0) is 57.3. The van der Waals surface area contributed by atoms with Gasteiger partial charge in [0.2, 0.25) is 35.4 Å². The fourth-order valence-electron chi connectivity index (χ4n) is 8.37. The number of Topliss-reactive ketones (excluding diaryl/α,β-unsaturated/α-hetero) is 2. The minimum Gasteiger partial charge on any atom is -0.370 e. The Morgan fingerprint density at radius 2 is 0.987 bits per heavy atom. The van der Waals surface area contributed by atoms with Crippen molar-refractivity contribution in [3.8, 4) is 0 Å². The van der Waals surface area contributed by atoms with Gasteiger partial charge >= 0.3 is 0 Å². The second-order valence-corrected chi connectivity index (χ2v) is 20.2. The zero-order valence-electron chi connectivity index (χ0n) is 45.2. The van der Waals surface area contributed by atoms with Gasteiger partial charge in [-0.05, 0) is 141 Å². The Hall–Kier alpha value is -6.35. The molecule has 0 saturated carbocycles. The number of fused-ring (bicyclic) bond motifs is 1. The molecule has 26 heteroatoms. The molecule has 432 valence electrons. The lowest BCUT2D eigenvalue weighted by molar-refractivity contribution is -0.136. The summed E-state index contributed by atoms with van der Waals surface area (Å²) in [7, 11) is 0. The lowest BCUT2D eigenvalue weighted by Crippen LogP contribution is -2.57. The van der Waals surface area contributed by atoms with Crippen molar-refractivity contribution in [2.45, 2.75) is 159 Å². The van der Waals surface area contributed by atoms with Crippen LogP contribution in [-0.4, -0.2) is 151 Å². The van der Waals surface area contributed by atoms with Crippen molar-refractivity contribution in [2.75, 3.05) is 44.7 Å². The van der Waals surface area contributed by atoms with Crippen LogP contribution in [0.15, 0.2) is 40.4 Å². The Balaban J connectivity index is 2.55. The molecule has 0 aliphatic heterocycles. The Morgan fingerprint density at radius 3 is 1.47 bits per heavy atom. The number of hydrogen-bond acceptors (Lipinski definition) is 15. The van der Waals surface area contributed by atoms with Crippen LogP contribution in [0, 0.1) is 5.92 Å². The number of aliphatic imine (C=N–C) groups is 2. The summed E-state index contributed by atoms with van der Waals surface area (Å²) in [6.07, 6.45) is 7.91. The number of nitrogens with one attached hydrogen (secondary N) is 7. The van der Waals surface area contributed by atoms with Gasteiger partial charge in [0.15, 0.2) is 23.5 Å². The fourth-order valence-corrected chi connectivity index (χ4v) is 8.85. The second-order valence-electron chi connectivity index (χ2n) is 19.2. The second kappa shape index (κ2) is 37.4. The Bertz CT molecular complexity index is 2240. The van der Waals surface area contributed by atoms with E-state index in [-0.39, 0.29) is 88.6 Å². The number of aromatic nitrogens is 1. The van der Waals surface area contributed by atoms with Gasteiger partial charge in [0, 0.05) is 48.9 Å². The highest BCUT2D eigenvalue weighted by atomic mass is 32.2. The van der Waals surface area contributed by atoms with Gasteiger partial charge in [-0.3, -0.25) is 48.3 Å². The quantitative estimate of drug-likeness (QED) is 0.0202. The van der Waals surface area contributed by atoms with Crippen LogP contribution in [0.5, 0.6) is 0 Å². The lowest BCUT2D eigenvalue weighted by Gasteiger charge is -2.27. The van der Waals surface area contributed by atoms with E-state index in [1.165, 1.54) is 25.6 Å². The first-order valence-electron chi connectivity index (χ1n) is 26.6. The third-order valence-electron chi connectivity index (χ3n) is 12.8. The summed E-state index contributed by atoms with van der Waals surface area (Å²) in [4.78, 5) is 122. The number of ketones is 2. The highest BCUT2D eigenvalue weighted by molar-refractivity contribution is 7.98. The van der Waals surface area contributed by atoms with E-state index >= 15 is 0 Å². The molecule has 1 aromatic carbocycles. The number of thioether (sulfide) groups is 1. The Morgan fingerprint density at radius 1 is 0.558 bits per heavy atom. The van der Waals surface area contributed by atoms with Gasteiger partial charge in [-0.15, -0.1) is 0 Å². The molecule has 0 aliphatic carbocycles. The first-order valence-corrected chi connectivity index (χ1v) is 28.0. The number of unbranched alkanes of at least 4 members (excludes halogenated alkanes) is 3. The average molecular weight is 1100 g/mol. The Labute approximate surface area is 456 Å². The van der Waals surface area contributed by atoms with Crippen molar-refractivity contribution in [3.63, 3.8) is 0 Å². The molecule has 6 amide bonds. The number of guanidine groups is 2. The molecule has 0 unspecified atom stereocenters. The number of carbonyl (C=O) groups excluding carboxylic acids is 8. The molecule has 2 rings (SSSR count). The predicted molar refractivity (Wildman–Crippen MR) is 303 cm³/mol. The molecule has 0 fully saturated rings. The van der Waals surface area contributed by atoms with Crippen LogP contribution in [0.25, 0.3) is 10.9 Å². The van der Waals surface area contributed by atoms with Crippen LogP contribution in [0.2, 0.25) is 0 Å². The van der Waals surface area contributed by atoms with Crippen LogP contribution in [-0.2, 0) is 44.8 Å². The van der Waals surface area contributed by atoms with Crippen LogP contribution >= 0.6 is 11.8 Å². The van der Waals surface area contributed by atoms with E-state index < -0.39 is 89.4 Å². The third-order valence-corrected chi connectivity index (χ3v) is 13.4. The molecular weight excluding hydrogens is 1010 g/mol. The van der Waals surface area contributed by atoms with Gasteiger partial charge in [-0.1, -0.05) is 24.6 Å². The Kier molecular flexibility index (Phi) is 32.5. The molecule has 0 bridgehead atoms. The fraction of sp³-hybridized carbons (Fsp3) is 0.647. The molecular formula is C51H89N17O8S. The molecule has 8 atom stereocenters. The maximum atomic E-state index is 14.9. The minimum atomic E-state index is -1.21. The molecule has 0 radical (unpaired) electrons. The molecule has 1 heterocycles. The number of carbonyl (C=O) groups is 8. The van der Waals surface area contributed by atoms with Crippen molar-refractivity contribution in [1.82, 2.24) is 36.9 Å². The van der Waals surface area contributed by atoms with Gasteiger partial charge in [0.25, 0.3) is 0 Å². The van der Waals surface area contributed by atoms with Gasteiger partial charge < -0.3 is 82.8 Å². The highest BCUT2D eigenvalue weighted by Crippen LogP contribution is 2.22. The van der Waals surface area contributed by atoms with Crippen molar-refractivity contribution < 1.29 is 38.4 Å². The molecule has 0 aliphatic rings. The number of amides is 6. The molecule has 23 N–H and O–H groups in total. The maximum Gasteiger partial charge on any atom is 0.243 e. The molecule has 2 aromatic rings. The van der Waals surface area contributed by atoms with Crippen LogP contribution in [0.4, 0.5) is 0 Å². The smallest absolute Gasteiger partial charge is 0.243 e. The van der Waals surface area contributed by atoms with Crippen LogP contribution < -0.4 is 77.8 Å². The summed E-state index contributed by atoms with van der Waals surface area (Å²) in [6.45, 7) is 4.19.